The van der Waals surface area contributed by atoms with Crippen LogP contribution in [0.25, 0.3) is 0 Å². The van der Waals surface area contributed by atoms with Crippen LogP contribution in [0, 0.1) is 5.41 Å². The number of nitrogen functional groups attached to an aromatic ring is 1. The molecule has 1 aliphatic heterocycles. The number of rotatable bonds is 3. The molecule has 0 amide bonds. The second-order valence-corrected chi connectivity index (χ2v) is 5.94. The van der Waals surface area contributed by atoms with Gasteiger partial charge in [0.2, 0.25) is 5.96 Å². The Hall–Kier alpha value is -3.08. The Morgan fingerprint density at radius 3 is 2.17 bits per heavy atom. The predicted molar refractivity (Wildman–Crippen MR) is 95.6 cm³/mol. The molecule has 5 nitrogen and oxygen atoms in total. The molecular formula is C19H19N5. The zero-order chi connectivity index (χ0) is 16.5. The van der Waals surface area contributed by atoms with Crippen molar-refractivity contribution in [2.75, 3.05) is 11.9 Å². The number of nitrogens with zero attached hydrogens (tertiary/aromatic N) is 2. The molecule has 0 fully saturated rings. The van der Waals surface area contributed by atoms with Crippen molar-refractivity contribution in [1.82, 2.24) is 9.78 Å². The monoisotopic (exact) mass is 317 g/mol. The highest BCUT2D eigenvalue weighted by Crippen LogP contribution is 2.37. The lowest BCUT2D eigenvalue weighted by atomic mass is 9.86. The molecule has 0 spiro atoms. The van der Waals surface area contributed by atoms with Crippen LogP contribution < -0.4 is 11.1 Å². The van der Waals surface area contributed by atoms with E-state index in [1.807, 2.05) is 36.4 Å². The van der Waals surface area contributed by atoms with Crippen LogP contribution in [0.3, 0.4) is 0 Å². The van der Waals surface area contributed by atoms with Gasteiger partial charge < -0.3 is 11.1 Å². The highest BCUT2D eigenvalue weighted by atomic mass is 15.4. The second kappa shape index (κ2) is 5.85. The molecule has 0 aliphatic carbocycles. The van der Waals surface area contributed by atoms with E-state index >= 15 is 0 Å². The molecule has 0 radical (unpaired) electrons. The van der Waals surface area contributed by atoms with Crippen LogP contribution in [-0.4, -0.2) is 22.3 Å². The fourth-order valence-electron chi connectivity index (χ4n) is 3.41. The molecule has 2 heterocycles. The Kier molecular flexibility index (Phi) is 3.54. The Labute approximate surface area is 140 Å². The smallest absolute Gasteiger partial charge is 0.215 e. The number of nitrogens with one attached hydrogen (secondary N) is 2. The fourth-order valence-corrected chi connectivity index (χ4v) is 3.41. The molecule has 24 heavy (non-hydrogen) atoms. The maximum absolute atomic E-state index is 7.81. The number of fused-ring (bicyclic) bond motifs is 1. The average Bonchev–Trinajstić information content (AvgIpc) is 3.21. The van der Waals surface area contributed by atoms with Crippen molar-refractivity contribution >= 4 is 11.8 Å². The van der Waals surface area contributed by atoms with E-state index in [0.717, 1.165) is 30.0 Å². The largest absolute Gasteiger partial charge is 0.369 e. The highest BCUT2D eigenvalue weighted by molar-refractivity contribution is 5.81. The summed E-state index contributed by atoms with van der Waals surface area (Å²) < 4.78 is 1.51. The molecule has 5 heteroatoms. The summed E-state index contributed by atoms with van der Waals surface area (Å²) in [6.45, 7) is 0.851. The maximum Gasteiger partial charge on any atom is 0.215 e. The van der Waals surface area contributed by atoms with E-state index in [2.05, 4.69) is 34.7 Å². The van der Waals surface area contributed by atoms with Crippen molar-refractivity contribution in [1.29, 1.82) is 5.41 Å². The van der Waals surface area contributed by atoms with Crippen LogP contribution in [0.4, 0.5) is 5.82 Å². The van der Waals surface area contributed by atoms with Crippen molar-refractivity contribution in [2.45, 2.75) is 12.3 Å². The summed E-state index contributed by atoms with van der Waals surface area (Å²) in [4.78, 5) is 0. The number of hydrogen-bond acceptors (Lipinski definition) is 3. The van der Waals surface area contributed by atoms with Gasteiger partial charge in [0.1, 0.15) is 5.82 Å². The van der Waals surface area contributed by atoms with Crippen molar-refractivity contribution < 1.29 is 0 Å². The predicted octanol–water partition coefficient (Wildman–Crippen LogP) is 2.77. The van der Waals surface area contributed by atoms with Crippen molar-refractivity contribution in [3.8, 4) is 0 Å². The van der Waals surface area contributed by atoms with E-state index in [1.165, 1.54) is 15.8 Å². The van der Waals surface area contributed by atoms with Gasteiger partial charge in [0, 0.05) is 12.1 Å². The van der Waals surface area contributed by atoms with E-state index in [4.69, 9.17) is 11.1 Å². The lowest BCUT2D eigenvalue weighted by molar-refractivity contribution is 0.818. The quantitative estimate of drug-likeness (QED) is 0.513. The number of hydrogen-bond donors (Lipinski definition) is 3. The second-order valence-electron chi connectivity index (χ2n) is 5.94. The molecule has 0 saturated heterocycles. The lowest BCUT2D eigenvalue weighted by Gasteiger charge is -2.17. The van der Waals surface area contributed by atoms with Gasteiger partial charge in [-0.05, 0) is 17.5 Å². The molecule has 4 N–H and O–H groups in total. The number of anilines is 1. The van der Waals surface area contributed by atoms with E-state index in [9.17, 15) is 0 Å². The van der Waals surface area contributed by atoms with Crippen molar-refractivity contribution in [3.63, 3.8) is 0 Å². The van der Waals surface area contributed by atoms with E-state index in [-0.39, 0.29) is 11.9 Å². The van der Waals surface area contributed by atoms with Crippen LogP contribution in [-0.2, 0) is 6.42 Å². The molecule has 0 unspecified atom stereocenters. The van der Waals surface area contributed by atoms with E-state index in [0.29, 0.717) is 0 Å². The SMILES string of the molecule is N=C(N)n1nc(C(c2ccccc2)c2ccccc2)c2c1NCC2. The minimum absolute atomic E-state index is 0.0293. The van der Waals surface area contributed by atoms with Crippen molar-refractivity contribution in [2.24, 2.45) is 5.73 Å². The average molecular weight is 317 g/mol. The number of aromatic nitrogens is 2. The topological polar surface area (TPSA) is 79.7 Å². The summed E-state index contributed by atoms with van der Waals surface area (Å²) in [5.41, 5.74) is 10.2. The highest BCUT2D eigenvalue weighted by Gasteiger charge is 2.29. The molecule has 3 aromatic rings. The Bertz CT molecular complexity index is 828. The van der Waals surface area contributed by atoms with Crippen LogP contribution in [0.1, 0.15) is 28.3 Å². The maximum atomic E-state index is 7.81. The third kappa shape index (κ3) is 2.34. The summed E-state index contributed by atoms with van der Waals surface area (Å²) in [7, 11) is 0. The number of benzene rings is 2. The van der Waals surface area contributed by atoms with E-state index in [1.54, 1.807) is 0 Å². The first-order valence-corrected chi connectivity index (χ1v) is 8.05. The van der Waals surface area contributed by atoms with Crippen LogP contribution >= 0.6 is 0 Å². The summed E-state index contributed by atoms with van der Waals surface area (Å²) in [6, 6.07) is 20.7. The fraction of sp³-hybridized carbons (Fsp3) is 0.158. The van der Waals surface area contributed by atoms with Gasteiger partial charge >= 0.3 is 0 Å². The van der Waals surface area contributed by atoms with Gasteiger partial charge in [0.05, 0.1) is 11.6 Å². The molecule has 4 rings (SSSR count). The third-order valence-electron chi connectivity index (χ3n) is 4.45. The summed E-state index contributed by atoms with van der Waals surface area (Å²) in [5.74, 6) is 0.822. The zero-order valence-electron chi connectivity index (χ0n) is 13.2. The molecule has 2 aromatic carbocycles. The van der Waals surface area contributed by atoms with Gasteiger partial charge in [-0.25, -0.2) is 0 Å². The zero-order valence-corrected chi connectivity index (χ0v) is 13.2. The van der Waals surface area contributed by atoms with Gasteiger partial charge in [-0.2, -0.15) is 9.78 Å². The van der Waals surface area contributed by atoms with Crippen molar-refractivity contribution in [3.05, 3.63) is 83.0 Å². The third-order valence-corrected chi connectivity index (χ3v) is 4.45. The number of nitrogens with two attached hydrogens (primary N) is 1. The summed E-state index contributed by atoms with van der Waals surface area (Å²) in [6.07, 6.45) is 0.897. The van der Waals surface area contributed by atoms with Crippen LogP contribution in [0.2, 0.25) is 0 Å². The standard InChI is InChI=1S/C19H19N5/c20-19(21)24-18-15(11-12-22-18)17(23-24)16(13-7-3-1-4-8-13)14-9-5-2-6-10-14/h1-10,16,22H,11-12H2,(H3,20,21). The first kappa shape index (κ1) is 14.5. The van der Waals surface area contributed by atoms with Gasteiger partial charge in [0.15, 0.2) is 0 Å². The van der Waals surface area contributed by atoms with Gasteiger partial charge in [0.25, 0.3) is 0 Å². The Balaban J connectivity index is 1.93. The molecule has 120 valence electrons. The summed E-state index contributed by atoms with van der Waals surface area (Å²) in [5, 5.41) is 15.8. The minimum Gasteiger partial charge on any atom is -0.369 e. The van der Waals surface area contributed by atoms with Gasteiger partial charge in [-0.1, -0.05) is 60.7 Å². The van der Waals surface area contributed by atoms with E-state index < -0.39 is 0 Å². The molecule has 0 saturated carbocycles. The van der Waals surface area contributed by atoms with Crippen LogP contribution in [0.15, 0.2) is 60.7 Å². The molecular weight excluding hydrogens is 298 g/mol. The normalized spacial score (nSPS) is 12.9. The lowest BCUT2D eigenvalue weighted by Crippen LogP contribution is -2.24. The van der Waals surface area contributed by atoms with Gasteiger partial charge in [-0.15, -0.1) is 0 Å². The minimum atomic E-state index is -0.0632. The Morgan fingerprint density at radius 1 is 1.04 bits per heavy atom. The van der Waals surface area contributed by atoms with Gasteiger partial charge in [-0.3, -0.25) is 5.41 Å². The first-order valence-electron chi connectivity index (χ1n) is 8.05. The molecule has 0 atom stereocenters. The summed E-state index contributed by atoms with van der Waals surface area (Å²) >= 11 is 0. The van der Waals surface area contributed by atoms with Crippen LogP contribution in [0.5, 0.6) is 0 Å². The first-order chi connectivity index (χ1) is 11.8. The Morgan fingerprint density at radius 2 is 1.62 bits per heavy atom. The molecule has 1 aromatic heterocycles. The molecule has 1 aliphatic rings. The molecule has 0 bridgehead atoms.